The third-order valence-corrected chi connectivity index (χ3v) is 5.86. The number of nitrogens with zero attached hydrogens (tertiary/aromatic N) is 2. The Labute approximate surface area is 173 Å². The van der Waals surface area contributed by atoms with E-state index in [1.165, 1.54) is 6.07 Å². The zero-order valence-electron chi connectivity index (χ0n) is 16.8. The summed E-state index contributed by atoms with van der Waals surface area (Å²) in [5, 5.41) is 27.3. The van der Waals surface area contributed by atoms with Gasteiger partial charge in [0.25, 0.3) is 0 Å². The number of aliphatic hydroxyl groups is 1. The van der Waals surface area contributed by atoms with E-state index in [1.807, 2.05) is 55.5 Å². The number of methoxy groups -OCH3 is 1. The minimum atomic E-state index is -1.36. The van der Waals surface area contributed by atoms with Crippen LogP contribution in [0.25, 0.3) is 11.0 Å². The second-order valence-electron chi connectivity index (χ2n) is 7.72. The van der Waals surface area contributed by atoms with Crippen molar-refractivity contribution >= 4 is 16.7 Å². The minimum absolute atomic E-state index is 0.0118. The molecule has 3 aromatic carbocycles. The van der Waals surface area contributed by atoms with Crippen LogP contribution >= 0.6 is 0 Å². The summed E-state index contributed by atoms with van der Waals surface area (Å²) in [5.74, 6) is 0.793. The van der Waals surface area contributed by atoms with Crippen molar-refractivity contribution in [1.82, 2.24) is 5.16 Å². The van der Waals surface area contributed by atoms with E-state index in [4.69, 9.17) is 9.26 Å². The summed E-state index contributed by atoms with van der Waals surface area (Å²) in [4.78, 5) is 2.13. The zero-order chi connectivity index (χ0) is 20.9. The number of aryl methyl sites for hydroxylation is 1. The van der Waals surface area contributed by atoms with Crippen LogP contribution in [0.2, 0.25) is 0 Å². The highest BCUT2D eigenvalue weighted by Gasteiger charge is 2.44. The van der Waals surface area contributed by atoms with Gasteiger partial charge < -0.3 is 24.4 Å². The molecule has 0 saturated heterocycles. The summed E-state index contributed by atoms with van der Waals surface area (Å²) in [7, 11) is 1.65. The third kappa shape index (κ3) is 2.80. The molecule has 1 unspecified atom stereocenters. The van der Waals surface area contributed by atoms with Gasteiger partial charge in [0.15, 0.2) is 5.58 Å². The SMILES string of the molecule is COc1ccc(CN2CC(O)(c3cc4c(C)noc4cc3O)c3ccccc32)cc1. The summed E-state index contributed by atoms with van der Waals surface area (Å²) in [6, 6.07) is 19.0. The molecule has 1 atom stereocenters. The van der Waals surface area contributed by atoms with Crippen LogP contribution in [0.5, 0.6) is 11.5 Å². The third-order valence-electron chi connectivity index (χ3n) is 5.86. The van der Waals surface area contributed by atoms with Crippen LogP contribution in [0.1, 0.15) is 22.4 Å². The summed E-state index contributed by atoms with van der Waals surface area (Å²) >= 11 is 0. The average Bonchev–Trinajstić information content (AvgIpc) is 3.26. The van der Waals surface area contributed by atoms with Crippen LogP contribution in [0.4, 0.5) is 5.69 Å². The molecule has 1 aromatic heterocycles. The topological polar surface area (TPSA) is 79.0 Å². The Morgan fingerprint density at radius 2 is 1.87 bits per heavy atom. The molecule has 1 aliphatic heterocycles. The molecular weight excluding hydrogens is 380 g/mol. The van der Waals surface area contributed by atoms with Crippen molar-refractivity contribution in [2.24, 2.45) is 0 Å². The van der Waals surface area contributed by atoms with E-state index < -0.39 is 5.60 Å². The Balaban J connectivity index is 1.57. The molecule has 6 heteroatoms. The monoisotopic (exact) mass is 402 g/mol. The van der Waals surface area contributed by atoms with Gasteiger partial charge >= 0.3 is 0 Å². The molecule has 2 heterocycles. The molecule has 2 N–H and O–H groups in total. The van der Waals surface area contributed by atoms with Gasteiger partial charge in [-0.05, 0) is 36.8 Å². The smallest absolute Gasteiger partial charge is 0.170 e. The number of fused-ring (bicyclic) bond motifs is 2. The second-order valence-corrected chi connectivity index (χ2v) is 7.72. The maximum atomic E-state index is 11.8. The van der Waals surface area contributed by atoms with Gasteiger partial charge in [0.05, 0.1) is 19.3 Å². The number of rotatable bonds is 4. The molecular formula is C24H22N2O4. The van der Waals surface area contributed by atoms with E-state index in [0.29, 0.717) is 24.2 Å². The van der Waals surface area contributed by atoms with Gasteiger partial charge in [-0.1, -0.05) is 35.5 Å². The standard InChI is InChI=1S/C24H22N2O4/c1-15-18-11-20(22(27)12-23(18)30-25-15)24(28)14-26(21-6-4-3-5-19(21)24)13-16-7-9-17(29-2)10-8-16/h3-12,27-28H,13-14H2,1-2H3. The Kier molecular flexibility index (Phi) is 4.18. The average molecular weight is 402 g/mol. The number of aromatic nitrogens is 1. The molecule has 0 fully saturated rings. The highest BCUT2D eigenvalue weighted by molar-refractivity contribution is 5.83. The number of hydrogen-bond acceptors (Lipinski definition) is 6. The molecule has 4 aromatic rings. The first-order valence-corrected chi connectivity index (χ1v) is 9.79. The molecule has 0 radical (unpaired) electrons. The van der Waals surface area contributed by atoms with Crippen molar-refractivity contribution in [2.75, 3.05) is 18.6 Å². The van der Waals surface area contributed by atoms with E-state index in [2.05, 4.69) is 10.1 Å². The first-order chi connectivity index (χ1) is 14.5. The number of ether oxygens (including phenoxy) is 1. The van der Waals surface area contributed by atoms with E-state index in [-0.39, 0.29) is 5.75 Å². The number of β-amino-alcohol motifs (C(OH)–C–C–N with tert-alkyl or cyclic N) is 1. The first kappa shape index (κ1) is 18.5. The second kappa shape index (κ2) is 6.78. The predicted molar refractivity (Wildman–Crippen MR) is 114 cm³/mol. The van der Waals surface area contributed by atoms with Crippen molar-refractivity contribution in [3.63, 3.8) is 0 Å². The number of phenols is 1. The summed E-state index contributed by atoms with van der Waals surface area (Å²) in [6.45, 7) is 2.79. The number of phenolic OH excluding ortho intramolecular Hbond substituents is 1. The normalized spacial score (nSPS) is 18.0. The lowest BCUT2D eigenvalue weighted by Gasteiger charge is -2.26. The molecule has 0 saturated carbocycles. The largest absolute Gasteiger partial charge is 0.507 e. The fourth-order valence-electron chi connectivity index (χ4n) is 4.29. The quantitative estimate of drug-likeness (QED) is 0.535. The van der Waals surface area contributed by atoms with Gasteiger partial charge in [0, 0.05) is 34.8 Å². The first-order valence-electron chi connectivity index (χ1n) is 9.79. The molecule has 6 nitrogen and oxygen atoms in total. The van der Waals surface area contributed by atoms with E-state index >= 15 is 0 Å². The van der Waals surface area contributed by atoms with Crippen molar-refractivity contribution in [3.05, 3.63) is 83.0 Å². The van der Waals surface area contributed by atoms with Crippen LogP contribution in [0.15, 0.2) is 65.2 Å². The number of benzene rings is 3. The van der Waals surface area contributed by atoms with E-state index in [9.17, 15) is 10.2 Å². The fraction of sp³-hybridized carbons (Fsp3) is 0.208. The molecule has 0 aliphatic carbocycles. The Hall–Kier alpha value is -3.51. The number of aromatic hydroxyl groups is 1. The van der Waals surface area contributed by atoms with Gasteiger partial charge in [-0.15, -0.1) is 0 Å². The van der Waals surface area contributed by atoms with Crippen LogP contribution in [-0.2, 0) is 12.1 Å². The number of para-hydroxylation sites is 1. The lowest BCUT2D eigenvalue weighted by molar-refractivity contribution is 0.0950. The van der Waals surface area contributed by atoms with Gasteiger partial charge in [0.1, 0.15) is 17.1 Å². The number of anilines is 1. The van der Waals surface area contributed by atoms with Gasteiger partial charge in [-0.2, -0.15) is 0 Å². The molecule has 0 bridgehead atoms. The molecule has 0 spiro atoms. The Morgan fingerprint density at radius 3 is 2.63 bits per heavy atom. The Bertz CT molecular complexity index is 1230. The maximum absolute atomic E-state index is 11.8. The number of hydrogen-bond donors (Lipinski definition) is 2. The molecule has 152 valence electrons. The van der Waals surface area contributed by atoms with Crippen molar-refractivity contribution in [1.29, 1.82) is 0 Å². The van der Waals surface area contributed by atoms with Crippen molar-refractivity contribution < 1.29 is 19.5 Å². The van der Waals surface area contributed by atoms with Crippen LogP contribution in [-0.4, -0.2) is 29.0 Å². The van der Waals surface area contributed by atoms with Gasteiger partial charge in [-0.25, -0.2) is 0 Å². The highest BCUT2D eigenvalue weighted by Crippen LogP contribution is 2.47. The van der Waals surface area contributed by atoms with Crippen molar-refractivity contribution in [2.45, 2.75) is 19.1 Å². The lowest BCUT2D eigenvalue weighted by atomic mass is 9.86. The van der Waals surface area contributed by atoms with Crippen LogP contribution in [0, 0.1) is 6.92 Å². The summed E-state index contributed by atoms with van der Waals surface area (Å²) in [6.07, 6.45) is 0. The summed E-state index contributed by atoms with van der Waals surface area (Å²) < 4.78 is 10.5. The highest BCUT2D eigenvalue weighted by atomic mass is 16.5. The molecule has 30 heavy (non-hydrogen) atoms. The lowest BCUT2D eigenvalue weighted by Crippen LogP contribution is -2.34. The van der Waals surface area contributed by atoms with E-state index in [0.717, 1.165) is 33.6 Å². The van der Waals surface area contributed by atoms with Gasteiger partial charge in [0.2, 0.25) is 0 Å². The zero-order valence-corrected chi connectivity index (χ0v) is 16.8. The van der Waals surface area contributed by atoms with Crippen LogP contribution in [0.3, 0.4) is 0 Å². The maximum Gasteiger partial charge on any atom is 0.170 e. The Morgan fingerprint density at radius 1 is 1.10 bits per heavy atom. The summed E-state index contributed by atoms with van der Waals surface area (Å²) in [5.41, 5.74) is 3.12. The van der Waals surface area contributed by atoms with E-state index in [1.54, 1.807) is 13.2 Å². The predicted octanol–water partition coefficient (Wildman–Crippen LogP) is 4.11. The minimum Gasteiger partial charge on any atom is -0.507 e. The molecule has 5 rings (SSSR count). The molecule has 1 aliphatic rings. The fourth-order valence-corrected chi connectivity index (χ4v) is 4.29. The van der Waals surface area contributed by atoms with Crippen molar-refractivity contribution in [3.8, 4) is 11.5 Å². The van der Waals surface area contributed by atoms with Gasteiger partial charge in [-0.3, -0.25) is 0 Å². The van der Waals surface area contributed by atoms with Crippen LogP contribution < -0.4 is 9.64 Å². The molecule has 0 amide bonds.